The Hall–Kier alpha value is -7.30. The van der Waals surface area contributed by atoms with Gasteiger partial charge in [-0.2, -0.15) is 0 Å². The van der Waals surface area contributed by atoms with Crippen molar-refractivity contribution in [3.8, 4) is 0 Å². The van der Waals surface area contributed by atoms with Gasteiger partial charge in [-0.1, -0.05) is 83.9 Å². The molecule has 0 fully saturated rings. The zero-order chi connectivity index (χ0) is 40.8. The quantitative estimate of drug-likeness (QED) is 0.168. The van der Waals surface area contributed by atoms with Gasteiger partial charge in [0.05, 0.1) is 11.1 Å². The van der Waals surface area contributed by atoms with Crippen LogP contribution in [0.25, 0.3) is 65.4 Å². The van der Waals surface area contributed by atoms with Gasteiger partial charge in [0.1, 0.15) is 11.2 Å². The highest BCUT2D eigenvalue weighted by atomic mass is 16.4. The molecule has 0 aliphatic heterocycles. The Morgan fingerprint density at radius 3 is 1.60 bits per heavy atom. The Bertz CT molecular complexity index is 3500. The van der Waals surface area contributed by atoms with Crippen molar-refractivity contribution in [2.75, 3.05) is 9.80 Å². The van der Waals surface area contributed by atoms with Crippen LogP contribution >= 0.6 is 0 Å². The molecule has 60 heavy (non-hydrogen) atoms. The molecule has 4 heteroatoms. The fourth-order valence-electron chi connectivity index (χ4n) is 8.91. The first-order valence-corrected chi connectivity index (χ1v) is 20.7. The van der Waals surface area contributed by atoms with E-state index in [1.165, 1.54) is 33.4 Å². The SMILES string of the molecule is Cc1ccc(N(c2ccc(C)c(C)c2)c2ccc3cc4c(cc3c2)oc2c3oc5c6ccccc6ccc5c3cc(N(c3ccc(C)cc3)c3ccc(C)c(C)c3)c42)cc1. The molecule has 0 unspecified atom stereocenters. The number of hydrogen-bond acceptors (Lipinski definition) is 4. The molecule has 290 valence electrons. The summed E-state index contributed by atoms with van der Waals surface area (Å²) in [7, 11) is 0. The topological polar surface area (TPSA) is 32.8 Å². The Balaban J connectivity index is 1.20. The van der Waals surface area contributed by atoms with Gasteiger partial charge in [0.25, 0.3) is 0 Å². The van der Waals surface area contributed by atoms with Crippen molar-refractivity contribution in [2.45, 2.75) is 41.5 Å². The Morgan fingerprint density at radius 1 is 0.333 bits per heavy atom. The molecule has 0 amide bonds. The van der Waals surface area contributed by atoms with Gasteiger partial charge in [-0.3, -0.25) is 0 Å². The standard InChI is InChI=1S/C56H44N2O2/c1-33-11-19-42(20-12-33)57(44-23-15-35(3)37(5)27-44)46-25-17-40-30-50-52(31-41(40)29-46)59-56-53(50)51(32-49-48-26-18-39-9-7-8-10-47(39)54(48)60-55(49)56)58(43-21-13-34(2)14-22-43)45-24-16-36(4)38(6)28-45/h7-32H,1-6H3. The number of furan rings is 2. The molecule has 2 aromatic heterocycles. The maximum atomic E-state index is 7.12. The van der Waals surface area contributed by atoms with Gasteiger partial charge in [0.2, 0.25) is 0 Å². The van der Waals surface area contributed by atoms with E-state index in [9.17, 15) is 0 Å². The van der Waals surface area contributed by atoms with E-state index in [2.05, 4.69) is 209 Å². The van der Waals surface area contributed by atoms with E-state index in [4.69, 9.17) is 8.83 Å². The lowest BCUT2D eigenvalue weighted by atomic mass is 10.00. The van der Waals surface area contributed by atoms with Crippen LogP contribution in [0.15, 0.2) is 167 Å². The third-order valence-corrected chi connectivity index (χ3v) is 12.6. The summed E-state index contributed by atoms with van der Waals surface area (Å²) < 4.78 is 14.1. The zero-order valence-electron chi connectivity index (χ0n) is 34.7. The van der Waals surface area contributed by atoms with E-state index in [1.807, 2.05) is 0 Å². The minimum Gasteiger partial charge on any atom is -0.452 e. The fourth-order valence-corrected chi connectivity index (χ4v) is 8.91. The fraction of sp³-hybridized carbons (Fsp3) is 0.107. The summed E-state index contributed by atoms with van der Waals surface area (Å²) in [5.41, 5.74) is 17.2. The van der Waals surface area contributed by atoms with Gasteiger partial charge in [-0.25, -0.2) is 0 Å². The molecule has 0 saturated heterocycles. The zero-order valence-corrected chi connectivity index (χ0v) is 34.7. The summed E-state index contributed by atoms with van der Waals surface area (Å²) in [6.07, 6.45) is 0. The normalized spacial score (nSPS) is 11.8. The molecule has 11 aromatic rings. The lowest BCUT2D eigenvalue weighted by molar-refractivity contribution is 0.635. The molecule has 0 atom stereocenters. The first-order chi connectivity index (χ1) is 29.2. The molecule has 0 saturated carbocycles. The number of aryl methyl sites for hydroxylation is 6. The van der Waals surface area contributed by atoms with Gasteiger partial charge >= 0.3 is 0 Å². The second-order valence-electron chi connectivity index (χ2n) is 16.6. The van der Waals surface area contributed by atoms with E-state index in [1.54, 1.807) is 0 Å². The van der Waals surface area contributed by atoms with Gasteiger partial charge in [-0.05, 0) is 165 Å². The minimum absolute atomic E-state index is 0.741. The highest BCUT2D eigenvalue weighted by Gasteiger charge is 2.26. The molecule has 0 bridgehead atoms. The summed E-state index contributed by atoms with van der Waals surface area (Å²) in [5.74, 6) is 0. The van der Waals surface area contributed by atoms with Crippen LogP contribution < -0.4 is 9.80 Å². The van der Waals surface area contributed by atoms with Crippen molar-refractivity contribution < 1.29 is 8.83 Å². The Kier molecular flexibility index (Phi) is 8.15. The Labute approximate surface area is 349 Å². The largest absolute Gasteiger partial charge is 0.452 e. The molecule has 4 nitrogen and oxygen atoms in total. The summed E-state index contributed by atoms with van der Waals surface area (Å²) >= 11 is 0. The van der Waals surface area contributed by atoms with Crippen molar-refractivity contribution in [3.63, 3.8) is 0 Å². The lowest BCUT2D eigenvalue weighted by Crippen LogP contribution is -2.11. The second kappa shape index (κ2) is 13.6. The smallest absolute Gasteiger partial charge is 0.180 e. The number of anilines is 6. The van der Waals surface area contributed by atoms with Crippen molar-refractivity contribution in [2.24, 2.45) is 0 Å². The molecule has 0 N–H and O–H groups in total. The van der Waals surface area contributed by atoms with Gasteiger partial charge in [0.15, 0.2) is 11.2 Å². The summed E-state index contributed by atoms with van der Waals surface area (Å²) in [6, 6.07) is 57.5. The van der Waals surface area contributed by atoms with Crippen LogP contribution in [-0.2, 0) is 0 Å². The molecule has 0 aliphatic rings. The highest BCUT2D eigenvalue weighted by Crippen LogP contribution is 2.50. The number of fused-ring (bicyclic) bond motifs is 10. The molecule has 0 radical (unpaired) electrons. The van der Waals surface area contributed by atoms with Crippen molar-refractivity contribution >= 4 is 99.5 Å². The van der Waals surface area contributed by atoms with E-state index in [-0.39, 0.29) is 0 Å². The first-order valence-electron chi connectivity index (χ1n) is 20.7. The van der Waals surface area contributed by atoms with Crippen molar-refractivity contribution in [1.29, 1.82) is 0 Å². The number of nitrogens with zero attached hydrogens (tertiary/aromatic N) is 2. The van der Waals surface area contributed by atoms with Crippen molar-refractivity contribution in [1.82, 2.24) is 0 Å². The number of rotatable bonds is 6. The lowest BCUT2D eigenvalue weighted by Gasteiger charge is -2.27. The highest BCUT2D eigenvalue weighted by molar-refractivity contribution is 6.27. The van der Waals surface area contributed by atoms with Crippen LogP contribution in [0.4, 0.5) is 34.1 Å². The second-order valence-corrected chi connectivity index (χ2v) is 16.6. The third-order valence-electron chi connectivity index (χ3n) is 12.6. The molecular weight excluding hydrogens is 733 g/mol. The van der Waals surface area contributed by atoms with E-state index in [0.717, 1.165) is 99.5 Å². The third kappa shape index (κ3) is 5.74. The first kappa shape index (κ1) is 35.8. The predicted octanol–water partition coefficient (Wildman–Crippen LogP) is 16.6. The van der Waals surface area contributed by atoms with Crippen molar-refractivity contribution in [3.05, 3.63) is 191 Å². The molecule has 0 aliphatic carbocycles. The monoisotopic (exact) mass is 776 g/mol. The van der Waals surface area contributed by atoms with E-state index in [0.29, 0.717) is 0 Å². The Morgan fingerprint density at radius 2 is 0.917 bits per heavy atom. The molecule has 9 aromatic carbocycles. The summed E-state index contributed by atoms with van der Waals surface area (Å²) in [6.45, 7) is 13.0. The van der Waals surface area contributed by atoms with E-state index < -0.39 is 0 Å². The summed E-state index contributed by atoms with van der Waals surface area (Å²) in [4.78, 5) is 4.73. The van der Waals surface area contributed by atoms with Gasteiger partial charge < -0.3 is 18.6 Å². The average Bonchev–Trinajstić information content (AvgIpc) is 3.83. The molecule has 0 spiro atoms. The molecule has 11 rings (SSSR count). The molecule has 2 heterocycles. The number of hydrogen-bond donors (Lipinski definition) is 0. The summed E-state index contributed by atoms with van der Waals surface area (Å²) in [5, 5.41) is 8.59. The van der Waals surface area contributed by atoms with Crippen LogP contribution in [0.5, 0.6) is 0 Å². The van der Waals surface area contributed by atoms with Crippen LogP contribution in [0.1, 0.15) is 33.4 Å². The van der Waals surface area contributed by atoms with Crippen LogP contribution in [0, 0.1) is 41.5 Å². The van der Waals surface area contributed by atoms with Crippen LogP contribution in [-0.4, -0.2) is 0 Å². The molecular formula is C56H44N2O2. The maximum absolute atomic E-state index is 7.12. The minimum atomic E-state index is 0.741. The maximum Gasteiger partial charge on any atom is 0.180 e. The van der Waals surface area contributed by atoms with Crippen LogP contribution in [0.3, 0.4) is 0 Å². The van der Waals surface area contributed by atoms with Gasteiger partial charge in [-0.15, -0.1) is 0 Å². The number of benzene rings is 9. The average molecular weight is 777 g/mol. The van der Waals surface area contributed by atoms with Crippen LogP contribution in [0.2, 0.25) is 0 Å². The van der Waals surface area contributed by atoms with E-state index >= 15 is 0 Å². The van der Waals surface area contributed by atoms with Gasteiger partial charge in [0, 0.05) is 50.0 Å². The predicted molar refractivity (Wildman–Crippen MR) is 254 cm³/mol.